The number of hydrogen-bond acceptors (Lipinski definition) is 5. The summed E-state index contributed by atoms with van der Waals surface area (Å²) in [5.74, 6) is 0.154. The van der Waals surface area contributed by atoms with Gasteiger partial charge in [0.2, 0.25) is 5.91 Å². The van der Waals surface area contributed by atoms with Crippen LogP contribution < -0.4 is 10.1 Å². The van der Waals surface area contributed by atoms with Crippen LogP contribution in [-0.2, 0) is 17.8 Å². The van der Waals surface area contributed by atoms with E-state index >= 15 is 0 Å². The summed E-state index contributed by atoms with van der Waals surface area (Å²) in [5.41, 5.74) is 1.23. The molecule has 2 heterocycles. The van der Waals surface area contributed by atoms with Gasteiger partial charge in [-0.25, -0.2) is 4.98 Å². The number of nitrogens with one attached hydrogen (secondary N) is 1. The van der Waals surface area contributed by atoms with E-state index in [4.69, 9.17) is 4.42 Å². The fourth-order valence-electron chi connectivity index (χ4n) is 2.15. The maximum absolute atomic E-state index is 12.2. The molecule has 1 N–H and O–H groups in total. The number of carbonyl (C=O) groups is 1. The second-order valence-corrected chi connectivity index (χ2v) is 6.11. The molecular weight excluding hydrogens is 369 g/mol. The average Bonchev–Trinajstić information content (AvgIpc) is 3.24. The minimum atomic E-state index is -4.72. The largest absolute Gasteiger partial charge is 0.573 e. The van der Waals surface area contributed by atoms with Gasteiger partial charge in [-0.15, -0.1) is 24.5 Å². The fraction of sp³-hybridized carbons (Fsp3) is 0.176. The number of aromatic nitrogens is 1. The van der Waals surface area contributed by atoms with Crippen LogP contribution >= 0.6 is 11.3 Å². The highest BCUT2D eigenvalue weighted by atomic mass is 32.1. The molecule has 0 saturated carbocycles. The molecule has 0 unspecified atom stereocenters. The highest BCUT2D eigenvalue weighted by molar-refractivity contribution is 7.13. The number of thiazole rings is 1. The van der Waals surface area contributed by atoms with Crippen LogP contribution in [0.3, 0.4) is 0 Å². The third kappa shape index (κ3) is 5.09. The molecule has 136 valence electrons. The first-order chi connectivity index (χ1) is 12.4. The predicted molar refractivity (Wildman–Crippen MR) is 88.5 cm³/mol. The van der Waals surface area contributed by atoms with Gasteiger partial charge in [0.15, 0.2) is 0 Å². The van der Waals surface area contributed by atoms with Gasteiger partial charge in [0, 0.05) is 10.9 Å². The Bertz CT molecular complexity index is 858. The molecule has 9 heteroatoms. The zero-order valence-electron chi connectivity index (χ0n) is 13.2. The van der Waals surface area contributed by atoms with Gasteiger partial charge in [-0.3, -0.25) is 4.79 Å². The number of rotatable bonds is 6. The maximum atomic E-state index is 12.2. The number of nitrogens with zero attached hydrogens (tertiary/aromatic N) is 1. The van der Waals surface area contributed by atoms with E-state index in [9.17, 15) is 18.0 Å². The van der Waals surface area contributed by atoms with E-state index < -0.39 is 6.36 Å². The molecule has 0 aliphatic rings. The quantitative estimate of drug-likeness (QED) is 0.695. The molecule has 0 fully saturated rings. The Labute approximate surface area is 150 Å². The first-order valence-corrected chi connectivity index (χ1v) is 8.37. The van der Waals surface area contributed by atoms with Crippen molar-refractivity contribution < 1.29 is 27.1 Å². The van der Waals surface area contributed by atoms with E-state index in [0.29, 0.717) is 28.6 Å². The molecule has 0 radical (unpaired) electrons. The molecule has 3 rings (SSSR count). The Morgan fingerprint density at radius 2 is 2.00 bits per heavy atom. The standard InChI is InChI=1S/C17H13F3N2O3S/c18-17(19,20)25-13-5-3-11(4-6-13)16-22-12(10-26-16)8-15(23)21-9-14-2-1-7-24-14/h1-7,10H,8-9H2,(H,21,23). The summed E-state index contributed by atoms with van der Waals surface area (Å²) >= 11 is 1.31. The Morgan fingerprint density at radius 3 is 2.65 bits per heavy atom. The second-order valence-electron chi connectivity index (χ2n) is 5.25. The third-order valence-electron chi connectivity index (χ3n) is 3.27. The summed E-state index contributed by atoms with van der Waals surface area (Å²) < 4.78 is 45.5. The molecule has 5 nitrogen and oxygen atoms in total. The zero-order chi connectivity index (χ0) is 18.6. The van der Waals surface area contributed by atoms with E-state index in [-0.39, 0.29) is 18.1 Å². The van der Waals surface area contributed by atoms with Gasteiger partial charge in [-0.1, -0.05) is 0 Å². The number of furan rings is 1. The topological polar surface area (TPSA) is 64.4 Å². The van der Waals surface area contributed by atoms with Crippen molar-refractivity contribution in [3.8, 4) is 16.3 Å². The van der Waals surface area contributed by atoms with Crippen molar-refractivity contribution in [2.75, 3.05) is 0 Å². The van der Waals surface area contributed by atoms with Crippen LogP contribution in [0.15, 0.2) is 52.5 Å². The molecule has 0 atom stereocenters. The Kier molecular flexibility index (Phi) is 5.27. The molecule has 3 aromatic rings. The highest BCUT2D eigenvalue weighted by Gasteiger charge is 2.31. The van der Waals surface area contributed by atoms with Crippen LogP contribution in [0.2, 0.25) is 0 Å². The summed E-state index contributed by atoms with van der Waals surface area (Å²) in [6.45, 7) is 0.295. The van der Waals surface area contributed by atoms with Gasteiger partial charge in [0.25, 0.3) is 0 Å². The van der Waals surface area contributed by atoms with E-state index in [1.54, 1.807) is 17.5 Å². The lowest BCUT2D eigenvalue weighted by Gasteiger charge is -2.08. The minimum absolute atomic E-state index is 0.104. The van der Waals surface area contributed by atoms with E-state index in [1.165, 1.54) is 41.9 Å². The van der Waals surface area contributed by atoms with Crippen molar-refractivity contribution in [2.45, 2.75) is 19.3 Å². The van der Waals surface area contributed by atoms with Crippen LogP contribution in [-0.4, -0.2) is 17.3 Å². The number of alkyl halides is 3. The van der Waals surface area contributed by atoms with Crippen LogP contribution in [0.5, 0.6) is 5.75 Å². The molecule has 0 saturated heterocycles. The molecule has 0 aliphatic carbocycles. The Balaban J connectivity index is 1.57. The number of carbonyl (C=O) groups excluding carboxylic acids is 1. The van der Waals surface area contributed by atoms with Gasteiger partial charge < -0.3 is 14.5 Å². The summed E-state index contributed by atoms with van der Waals surface area (Å²) in [4.78, 5) is 16.3. The van der Waals surface area contributed by atoms with Crippen LogP contribution in [0.25, 0.3) is 10.6 Å². The number of halogens is 3. The number of hydrogen-bond donors (Lipinski definition) is 1. The lowest BCUT2D eigenvalue weighted by Crippen LogP contribution is -2.24. The smallest absolute Gasteiger partial charge is 0.467 e. The van der Waals surface area contributed by atoms with Crippen molar-refractivity contribution in [1.82, 2.24) is 10.3 Å². The number of ether oxygens (including phenoxy) is 1. The van der Waals surface area contributed by atoms with Crippen LogP contribution in [0.4, 0.5) is 13.2 Å². The number of benzene rings is 1. The first kappa shape index (κ1) is 18.0. The van der Waals surface area contributed by atoms with E-state index in [0.717, 1.165) is 0 Å². The van der Waals surface area contributed by atoms with E-state index in [1.807, 2.05) is 0 Å². The summed E-state index contributed by atoms with van der Waals surface area (Å²) in [6.07, 6.45) is -3.09. The predicted octanol–water partition coefficient (Wildman–Crippen LogP) is 4.16. The van der Waals surface area contributed by atoms with Crippen LogP contribution in [0, 0.1) is 0 Å². The van der Waals surface area contributed by atoms with Crippen molar-refractivity contribution in [3.05, 3.63) is 59.5 Å². The zero-order valence-corrected chi connectivity index (χ0v) is 14.1. The maximum Gasteiger partial charge on any atom is 0.573 e. The van der Waals surface area contributed by atoms with Crippen molar-refractivity contribution in [2.24, 2.45) is 0 Å². The normalized spacial score (nSPS) is 11.3. The Morgan fingerprint density at radius 1 is 1.23 bits per heavy atom. The van der Waals surface area contributed by atoms with Crippen LogP contribution in [0.1, 0.15) is 11.5 Å². The van der Waals surface area contributed by atoms with Gasteiger partial charge in [-0.2, -0.15) is 0 Å². The summed E-state index contributed by atoms with van der Waals surface area (Å²) in [7, 11) is 0. The minimum Gasteiger partial charge on any atom is -0.467 e. The number of amides is 1. The molecule has 0 spiro atoms. The lowest BCUT2D eigenvalue weighted by atomic mass is 10.2. The molecule has 2 aromatic heterocycles. The van der Waals surface area contributed by atoms with Gasteiger partial charge in [0.1, 0.15) is 16.5 Å². The molecule has 0 bridgehead atoms. The van der Waals surface area contributed by atoms with Crippen molar-refractivity contribution >= 4 is 17.2 Å². The lowest BCUT2D eigenvalue weighted by molar-refractivity contribution is -0.274. The van der Waals surface area contributed by atoms with Gasteiger partial charge in [-0.05, 0) is 36.4 Å². The highest BCUT2D eigenvalue weighted by Crippen LogP contribution is 2.28. The molecular formula is C17H13F3N2O3S. The van der Waals surface area contributed by atoms with Gasteiger partial charge >= 0.3 is 6.36 Å². The first-order valence-electron chi connectivity index (χ1n) is 7.49. The van der Waals surface area contributed by atoms with Crippen molar-refractivity contribution in [3.63, 3.8) is 0 Å². The monoisotopic (exact) mass is 382 g/mol. The second kappa shape index (κ2) is 7.61. The SMILES string of the molecule is O=C(Cc1csc(-c2ccc(OC(F)(F)F)cc2)n1)NCc1ccco1. The summed E-state index contributed by atoms with van der Waals surface area (Å²) in [6, 6.07) is 8.91. The fourth-order valence-corrected chi connectivity index (χ4v) is 2.97. The third-order valence-corrected chi connectivity index (χ3v) is 4.21. The average molecular weight is 382 g/mol. The molecule has 1 aromatic carbocycles. The van der Waals surface area contributed by atoms with Gasteiger partial charge in [0.05, 0.1) is 24.9 Å². The molecule has 0 aliphatic heterocycles. The van der Waals surface area contributed by atoms with E-state index in [2.05, 4.69) is 15.0 Å². The summed E-state index contributed by atoms with van der Waals surface area (Å²) in [5, 5.41) is 5.07. The molecule has 1 amide bonds. The van der Waals surface area contributed by atoms with Crippen molar-refractivity contribution in [1.29, 1.82) is 0 Å². The Hall–Kier alpha value is -2.81. The molecule has 26 heavy (non-hydrogen) atoms.